The van der Waals surface area contributed by atoms with Crippen molar-refractivity contribution < 1.29 is 20.4 Å². The Morgan fingerprint density at radius 2 is 1.68 bits per heavy atom. The minimum Gasteiger partial charge on any atom is -0.494 e. The van der Waals surface area contributed by atoms with Gasteiger partial charge in [-0.05, 0) is 44.5 Å². The molecule has 0 fully saturated rings. The summed E-state index contributed by atoms with van der Waals surface area (Å²) in [5, 5.41) is 3.24. The summed E-state index contributed by atoms with van der Waals surface area (Å²) in [5.74, 6) is 0.927. The van der Waals surface area contributed by atoms with Gasteiger partial charge in [0.05, 0.1) is 6.61 Å². The van der Waals surface area contributed by atoms with Gasteiger partial charge in [0.2, 0.25) is 0 Å². The van der Waals surface area contributed by atoms with Gasteiger partial charge in [0, 0.05) is 39.9 Å². The van der Waals surface area contributed by atoms with Gasteiger partial charge in [-0.2, -0.15) is 0 Å². The Kier molecular flexibility index (Phi) is 10.1. The van der Waals surface area contributed by atoms with Crippen molar-refractivity contribution in [2.75, 3.05) is 44.9 Å². The Morgan fingerprint density at radius 1 is 1.05 bits per heavy atom. The topological polar surface area (TPSA) is 56.8 Å². The molecule has 126 valence electrons. The number of ketones is 1. The van der Waals surface area contributed by atoms with Crippen molar-refractivity contribution >= 4 is 11.5 Å². The Labute approximate surface area is 134 Å². The molecule has 0 saturated heterocycles. The van der Waals surface area contributed by atoms with Gasteiger partial charge in [-0.15, -0.1) is 0 Å². The van der Waals surface area contributed by atoms with E-state index in [1.54, 1.807) is 0 Å². The molecule has 1 aromatic carbocycles. The molecule has 0 aliphatic carbocycles. The molecule has 0 aromatic heterocycles. The first kappa shape index (κ1) is 18.5. The highest BCUT2D eigenvalue weighted by Gasteiger charge is 1.96. The molecule has 0 bridgehead atoms. The van der Waals surface area contributed by atoms with Gasteiger partial charge in [0.25, 0.3) is 0 Å². The maximum atomic E-state index is 10.6. The van der Waals surface area contributed by atoms with Crippen molar-refractivity contribution in [1.29, 1.82) is 0 Å². The second-order valence-corrected chi connectivity index (χ2v) is 4.98. The van der Waals surface area contributed by atoms with Crippen LogP contribution >= 0.6 is 0 Å². The summed E-state index contributed by atoms with van der Waals surface area (Å²) in [4.78, 5) is 10.6. The van der Waals surface area contributed by atoms with Crippen molar-refractivity contribution in [1.82, 2.24) is 0 Å². The minimum absolute atomic E-state index is 0. The lowest BCUT2D eigenvalue weighted by molar-refractivity contribution is -0.121. The Morgan fingerprint density at radius 3 is 2.32 bits per heavy atom. The molecule has 1 aromatic rings. The molecule has 0 unspecified atom stereocenters. The number of hydrogen-bond acceptors (Lipinski definition) is 5. The number of hydrogen-bond donors (Lipinski definition) is 1. The van der Waals surface area contributed by atoms with Gasteiger partial charge in [-0.25, -0.2) is 0 Å². The van der Waals surface area contributed by atoms with Crippen LogP contribution in [0.5, 0.6) is 5.75 Å². The predicted molar refractivity (Wildman–Crippen MR) is 89.8 cm³/mol. The molecule has 0 saturated carbocycles. The summed E-state index contributed by atoms with van der Waals surface area (Å²) >= 11 is 0. The zero-order valence-electron chi connectivity index (χ0n) is 13.6. The van der Waals surface area contributed by atoms with E-state index in [1.165, 1.54) is 6.92 Å². The molecule has 0 radical (unpaired) electrons. The fraction of sp³-hybridized carbons (Fsp3) is 0.588. The number of carbonyl (C=O) groups excluding carboxylic acids is 1. The normalized spacial score (nSPS) is 10.5. The van der Waals surface area contributed by atoms with Gasteiger partial charge in [0.15, 0.2) is 5.78 Å². The lowest BCUT2D eigenvalue weighted by Crippen LogP contribution is -2.08. The van der Waals surface area contributed by atoms with Crippen LogP contribution in [0.3, 0.4) is 0 Å². The van der Waals surface area contributed by atoms with Gasteiger partial charge >= 0.3 is 0 Å². The van der Waals surface area contributed by atoms with Crippen molar-refractivity contribution in [2.24, 2.45) is 0 Å². The number of rotatable bonds is 13. The highest BCUT2D eigenvalue weighted by atomic mass is 16.5. The number of carbonyl (C=O) groups is 1. The third-order valence-electron chi connectivity index (χ3n) is 2.82. The van der Waals surface area contributed by atoms with Crippen molar-refractivity contribution in [3.8, 4) is 5.75 Å². The van der Waals surface area contributed by atoms with Crippen LogP contribution in [0.2, 0.25) is 0 Å². The summed E-state index contributed by atoms with van der Waals surface area (Å²) in [6, 6.07) is 7.95. The van der Waals surface area contributed by atoms with E-state index in [-0.39, 0.29) is 13.8 Å². The van der Waals surface area contributed by atoms with Crippen LogP contribution in [-0.2, 0) is 14.3 Å². The SMILES string of the molecule is CCNc1ccc(OCCCOCCCOCC(C)=O)cc1.[HH]. The van der Waals surface area contributed by atoms with E-state index in [4.69, 9.17) is 14.2 Å². The number of Topliss-reactive ketones (excluding diaryl/α,β-unsaturated/α-hetero) is 1. The standard InChI is InChI=1S/C17H27NO4.H2/c1-3-18-16-6-8-17(9-7-16)22-13-5-11-20-10-4-12-21-14-15(2)19;/h6-9,18H,3-5,10-14H2,1-2H3;1H. The average molecular weight is 311 g/mol. The summed E-state index contributed by atoms with van der Waals surface area (Å²) < 4.78 is 16.3. The molecule has 5 heteroatoms. The van der Waals surface area contributed by atoms with Gasteiger partial charge < -0.3 is 19.5 Å². The largest absolute Gasteiger partial charge is 0.494 e. The zero-order valence-corrected chi connectivity index (χ0v) is 13.6. The third-order valence-corrected chi connectivity index (χ3v) is 2.82. The first-order valence-corrected chi connectivity index (χ1v) is 7.84. The number of anilines is 1. The molecule has 0 aliphatic rings. The van der Waals surface area contributed by atoms with Crippen LogP contribution < -0.4 is 10.1 Å². The summed E-state index contributed by atoms with van der Waals surface area (Å²) in [6.45, 7) is 7.22. The second kappa shape index (κ2) is 12.0. The number of ether oxygens (including phenoxy) is 3. The van der Waals surface area contributed by atoms with E-state index in [0.29, 0.717) is 26.4 Å². The monoisotopic (exact) mass is 311 g/mol. The maximum absolute atomic E-state index is 10.6. The van der Waals surface area contributed by atoms with Crippen molar-refractivity contribution in [3.05, 3.63) is 24.3 Å². The molecule has 0 aliphatic heterocycles. The lowest BCUT2D eigenvalue weighted by atomic mass is 10.3. The molecule has 0 spiro atoms. The first-order valence-electron chi connectivity index (χ1n) is 7.84. The quantitative estimate of drug-likeness (QED) is 0.567. The fourth-order valence-electron chi connectivity index (χ4n) is 1.81. The highest BCUT2D eigenvalue weighted by Crippen LogP contribution is 2.15. The van der Waals surface area contributed by atoms with E-state index in [0.717, 1.165) is 30.8 Å². The predicted octanol–water partition coefficient (Wildman–Crippen LogP) is 3.15. The van der Waals surface area contributed by atoms with Crippen molar-refractivity contribution in [2.45, 2.75) is 26.7 Å². The summed E-state index contributed by atoms with van der Waals surface area (Å²) in [5.41, 5.74) is 1.10. The van der Waals surface area contributed by atoms with E-state index >= 15 is 0 Å². The molecular formula is C17H29NO4. The van der Waals surface area contributed by atoms with E-state index in [2.05, 4.69) is 12.2 Å². The molecule has 1 rings (SSSR count). The molecule has 22 heavy (non-hydrogen) atoms. The smallest absolute Gasteiger partial charge is 0.155 e. The van der Waals surface area contributed by atoms with E-state index in [1.807, 2.05) is 24.3 Å². The van der Waals surface area contributed by atoms with Crippen molar-refractivity contribution in [3.63, 3.8) is 0 Å². The van der Waals surface area contributed by atoms with E-state index in [9.17, 15) is 4.79 Å². The van der Waals surface area contributed by atoms with Crippen LogP contribution in [0.25, 0.3) is 0 Å². The third kappa shape index (κ3) is 9.37. The first-order chi connectivity index (χ1) is 10.7. The van der Waals surface area contributed by atoms with Crippen LogP contribution in [0, 0.1) is 0 Å². The van der Waals surface area contributed by atoms with Gasteiger partial charge in [-0.3, -0.25) is 4.79 Å². The second-order valence-electron chi connectivity index (χ2n) is 4.98. The zero-order chi connectivity index (χ0) is 16.0. The summed E-state index contributed by atoms with van der Waals surface area (Å²) in [7, 11) is 0. The molecule has 0 atom stereocenters. The van der Waals surface area contributed by atoms with Crippen LogP contribution in [0.1, 0.15) is 28.1 Å². The average Bonchev–Trinajstić information content (AvgIpc) is 2.51. The molecular weight excluding hydrogens is 282 g/mol. The lowest BCUT2D eigenvalue weighted by Gasteiger charge is -2.08. The number of benzene rings is 1. The minimum atomic E-state index is 0. The molecule has 0 heterocycles. The fourth-order valence-corrected chi connectivity index (χ4v) is 1.81. The Hall–Kier alpha value is -1.59. The summed E-state index contributed by atoms with van der Waals surface area (Å²) in [6.07, 6.45) is 1.66. The Bertz CT molecular complexity index is 412. The molecule has 1 N–H and O–H groups in total. The van der Waals surface area contributed by atoms with Crippen LogP contribution in [0.4, 0.5) is 5.69 Å². The number of nitrogens with one attached hydrogen (secondary N) is 1. The Balaban J connectivity index is 0.00000484. The van der Waals surface area contributed by atoms with Gasteiger partial charge in [0.1, 0.15) is 12.4 Å². The molecule has 5 nitrogen and oxygen atoms in total. The molecule has 0 amide bonds. The highest BCUT2D eigenvalue weighted by molar-refractivity contribution is 5.76. The van der Waals surface area contributed by atoms with Crippen LogP contribution in [-0.4, -0.2) is 45.4 Å². The van der Waals surface area contributed by atoms with Gasteiger partial charge in [-0.1, -0.05) is 0 Å². The van der Waals surface area contributed by atoms with E-state index < -0.39 is 0 Å². The van der Waals surface area contributed by atoms with Crippen LogP contribution in [0.15, 0.2) is 24.3 Å². The maximum Gasteiger partial charge on any atom is 0.155 e.